The Labute approximate surface area is 112 Å². The molecule has 0 aliphatic rings. The zero-order chi connectivity index (χ0) is 12.8. The summed E-state index contributed by atoms with van der Waals surface area (Å²) in [6.07, 6.45) is 0.925. The molecule has 0 aliphatic carbocycles. The second-order valence-electron chi connectivity index (χ2n) is 4.19. The van der Waals surface area contributed by atoms with Gasteiger partial charge in [-0.1, -0.05) is 41.9 Å². The molecule has 0 bridgehead atoms. The second kappa shape index (κ2) is 6.43. The van der Waals surface area contributed by atoms with Crippen LogP contribution in [0.2, 0.25) is 5.02 Å². The number of benzene rings is 2. The summed E-state index contributed by atoms with van der Waals surface area (Å²) in [5, 5.41) is 13.7. The Bertz CT molecular complexity index is 513. The van der Waals surface area contributed by atoms with Gasteiger partial charge in [-0.3, -0.25) is 0 Å². The molecule has 0 aliphatic heterocycles. The molecule has 0 spiro atoms. The number of hydrogen-bond donors (Lipinski definition) is 2. The van der Waals surface area contributed by atoms with Crippen molar-refractivity contribution in [3.05, 3.63) is 64.7 Å². The van der Waals surface area contributed by atoms with Crippen LogP contribution in [0.25, 0.3) is 0 Å². The lowest BCUT2D eigenvalue weighted by Gasteiger charge is -2.07. The Morgan fingerprint density at radius 2 is 1.89 bits per heavy atom. The lowest BCUT2D eigenvalue weighted by molar-refractivity contribution is 0.464. The van der Waals surface area contributed by atoms with E-state index in [1.165, 1.54) is 5.56 Å². The van der Waals surface area contributed by atoms with Crippen LogP contribution in [0.5, 0.6) is 5.75 Å². The number of nitrogens with one attached hydrogen (secondary N) is 1. The van der Waals surface area contributed by atoms with Gasteiger partial charge in [0.2, 0.25) is 0 Å². The molecule has 0 radical (unpaired) electrons. The molecular weight excluding hydrogens is 246 g/mol. The average molecular weight is 262 g/mol. The lowest BCUT2D eigenvalue weighted by atomic mass is 10.1. The quantitative estimate of drug-likeness (QED) is 0.809. The van der Waals surface area contributed by atoms with Crippen LogP contribution in [-0.2, 0) is 13.0 Å². The second-order valence-corrected chi connectivity index (χ2v) is 4.62. The Kier molecular flexibility index (Phi) is 4.62. The Morgan fingerprint density at radius 1 is 1.06 bits per heavy atom. The van der Waals surface area contributed by atoms with Crippen LogP contribution in [0.3, 0.4) is 0 Å². The molecular formula is C15H16ClNO. The van der Waals surface area contributed by atoms with Gasteiger partial charge in [-0.05, 0) is 36.7 Å². The van der Waals surface area contributed by atoms with Crippen molar-refractivity contribution in [1.29, 1.82) is 0 Å². The minimum absolute atomic E-state index is 0.341. The van der Waals surface area contributed by atoms with Gasteiger partial charge in [0.05, 0.1) is 0 Å². The summed E-state index contributed by atoms with van der Waals surface area (Å²) >= 11 is 5.92. The fraction of sp³-hybridized carbons (Fsp3) is 0.200. The largest absolute Gasteiger partial charge is 0.508 e. The van der Waals surface area contributed by atoms with Gasteiger partial charge in [-0.15, -0.1) is 0 Å². The summed E-state index contributed by atoms with van der Waals surface area (Å²) in [7, 11) is 0. The standard InChI is InChI=1S/C15H16ClNO/c16-14-6-3-4-12(10-14)8-9-17-11-13-5-1-2-7-15(13)18/h1-7,10,17-18H,8-9,11H2. The van der Waals surface area contributed by atoms with Gasteiger partial charge in [-0.2, -0.15) is 0 Å². The fourth-order valence-corrected chi connectivity index (χ4v) is 2.02. The van der Waals surface area contributed by atoms with Crippen molar-refractivity contribution in [2.24, 2.45) is 0 Å². The summed E-state index contributed by atoms with van der Waals surface area (Å²) in [5.41, 5.74) is 2.14. The van der Waals surface area contributed by atoms with Gasteiger partial charge in [0.1, 0.15) is 5.75 Å². The van der Waals surface area contributed by atoms with E-state index in [2.05, 4.69) is 11.4 Å². The van der Waals surface area contributed by atoms with E-state index in [9.17, 15) is 5.11 Å². The highest BCUT2D eigenvalue weighted by Crippen LogP contribution is 2.15. The van der Waals surface area contributed by atoms with Gasteiger partial charge in [0.25, 0.3) is 0 Å². The van der Waals surface area contributed by atoms with Crippen LogP contribution < -0.4 is 5.32 Å². The third-order valence-corrected chi connectivity index (χ3v) is 3.02. The fourth-order valence-electron chi connectivity index (χ4n) is 1.81. The third kappa shape index (κ3) is 3.76. The zero-order valence-corrected chi connectivity index (χ0v) is 10.8. The molecule has 18 heavy (non-hydrogen) atoms. The number of aromatic hydroxyl groups is 1. The van der Waals surface area contributed by atoms with Crippen molar-refractivity contribution in [2.75, 3.05) is 6.54 Å². The van der Waals surface area contributed by atoms with Gasteiger partial charge >= 0.3 is 0 Å². The van der Waals surface area contributed by atoms with Crippen LogP contribution in [0.15, 0.2) is 48.5 Å². The van der Waals surface area contributed by atoms with Crippen LogP contribution >= 0.6 is 11.6 Å². The van der Waals surface area contributed by atoms with Crippen LogP contribution in [0.1, 0.15) is 11.1 Å². The number of hydrogen-bond acceptors (Lipinski definition) is 2. The molecule has 0 unspecified atom stereocenters. The van der Waals surface area contributed by atoms with Crippen molar-refractivity contribution >= 4 is 11.6 Å². The molecule has 2 rings (SSSR count). The summed E-state index contributed by atoms with van der Waals surface area (Å²) in [6, 6.07) is 15.2. The van der Waals surface area contributed by atoms with Crippen molar-refractivity contribution in [1.82, 2.24) is 5.32 Å². The first-order valence-corrected chi connectivity index (χ1v) is 6.35. The number of phenols is 1. The highest BCUT2D eigenvalue weighted by molar-refractivity contribution is 6.30. The Morgan fingerprint density at radius 3 is 2.67 bits per heavy atom. The van der Waals surface area contributed by atoms with E-state index in [1.54, 1.807) is 6.07 Å². The minimum Gasteiger partial charge on any atom is -0.508 e. The van der Waals surface area contributed by atoms with E-state index in [-0.39, 0.29) is 0 Å². The number of halogens is 1. The van der Waals surface area contributed by atoms with Gasteiger partial charge in [-0.25, -0.2) is 0 Å². The van der Waals surface area contributed by atoms with Crippen molar-refractivity contribution in [3.8, 4) is 5.75 Å². The SMILES string of the molecule is Oc1ccccc1CNCCc1cccc(Cl)c1. The summed E-state index contributed by atoms with van der Waals surface area (Å²) in [5.74, 6) is 0.341. The Hall–Kier alpha value is -1.51. The van der Waals surface area contributed by atoms with E-state index in [1.807, 2.05) is 36.4 Å². The van der Waals surface area contributed by atoms with Crippen molar-refractivity contribution < 1.29 is 5.11 Å². The Balaban J connectivity index is 1.78. The third-order valence-electron chi connectivity index (χ3n) is 2.79. The molecule has 2 nitrogen and oxygen atoms in total. The van der Waals surface area contributed by atoms with Gasteiger partial charge in [0.15, 0.2) is 0 Å². The normalized spacial score (nSPS) is 10.5. The van der Waals surface area contributed by atoms with E-state index in [4.69, 9.17) is 11.6 Å². The van der Waals surface area contributed by atoms with Crippen LogP contribution in [0.4, 0.5) is 0 Å². The number of phenolic OH excluding ortho intramolecular Hbond substituents is 1. The summed E-state index contributed by atoms with van der Waals surface area (Å²) in [6.45, 7) is 1.53. The molecule has 0 saturated carbocycles. The number of rotatable bonds is 5. The number of para-hydroxylation sites is 1. The lowest BCUT2D eigenvalue weighted by Crippen LogP contribution is -2.16. The topological polar surface area (TPSA) is 32.3 Å². The molecule has 0 fully saturated rings. The molecule has 0 amide bonds. The predicted octanol–water partition coefficient (Wildman–Crippen LogP) is 3.38. The first-order chi connectivity index (χ1) is 8.75. The van der Waals surface area contributed by atoms with Gasteiger partial charge in [0, 0.05) is 17.1 Å². The molecule has 94 valence electrons. The van der Waals surface area contributed by atoms with Crippen LogP contribution in [-0.4, -0.2) is 11.7 Å². The van der Waals surface area contributed by atoms with Crippen LogP contribution in [0, 0.1) is 0 Å². The first kappa shape index (κ1) is 12.9. The highest BCUT2D eigenvalue weighted by Gasteiger charge is 1.99. The van der Waals surface area contributed by atoms with E-state index in [0.717, 1.165) is 23.6 Å². The minimum atomic E-state index is 0.341. The average Bonchev–Trinajstić information content (AvgIpc) is 2.37. The molecule has 0 atom stereocenters. The maximum absolute atomic E-state index is 9.61. The molecule has 0 aromatic heterocycles. The predicted molar refractivity (Wildman–Crippen MR) is 75.0 cm³/mol. The maximum atomic E-state index is 9.61. The molecule has 2 aromatic carbocycles. The molecule has 2 N–H and O–H groups in total. The molecule has 2 aromatic rings. The van der Waals surface area contributed by atoms with E-state index >= 15 is 0 Å². The summed E-state index contributed by atoms with van der Waals surface area (Å²) in [4.78, 5) is 0. The van der Waals surface area contributed by atoms with Crippen molar-refractivity contribution in [2.45, 2.75) is 13.0 Å². The monoisotopic (exact) mass is 261 g/mol. The summed E-state index contributed by atoms with van der Waals surface area (Å²) < 4.78 is 0. The van der Waals surface area contributed by atoms with E-state index < -0.39 is 0 Å². The smallest absolute Gasteiger partial charge is 0.120 e. The van der Waals surface area contributed by atoms with E-state index in [0.29, 0.717) is 12.3 Å². The van der Waals surface area contributed by atoms with Crippen molar-refractivity contribution in [3.63, 3.8) is 0 Å². The highest BCUT2D eigenvalue weighted by atomic mass is 35.5. The molecule has 0 heterocycles. The van der Waals surface area contributed by atoms with Gasteiger partial charge < -0.3 is 10.4 Å². The first-order valence-electron chi connectivity index (χ1n) is 5.98. The molecule has 0 saturated heterocycles. The molecule has 3 heteroatoms. The maximum Gasteiger partial charge on any atom is 0.120 e. The zero-order valence-electron chi connectivity index (χ0n) is 10.1.